The molecule has 2 nitrogen and oxygen atoms in total. The molecule has 0 radical (unpaired) electrons. The molecule has 1 fully saturated rings. The number of anilines is 1. The Morgan fingerprint density at radius 3 is 2.78 bits per heavy atom. The van der Waals surface area contributed by atoms with E-state index in [-0.39, 0.29) is 0 Å². The standard InChI is InChI=1S/C15H22ClNO/c1-18-15-8-7-13(16)11-14(15)17-10-9-12-5-3-2-4-6-12/h7-8,11-12,17H,2-6,9-10H2,1H3. The Hall–Kier alpha value is -0.890. The maximum absolute atomic E-state index is 6.01. The molecule has 1 aromatic carbocycles. The van der Waals surface area contributed by atoms with Gasteiger partial charge in [0.15, 0.2) is 0 Å². The predicted octanol–water partition coefficient (Wildman–Crippen LogP) is 4.73. The van der Waals surface area contributed by atoms with Gasteiger partial charge in [0.1, 0.15) is 5.75 Å². The number of benzene rings is 1. The SMILES string of the molecule is COc1ccc(Cl)cc1NCCC1CCCCC1. The third kappa shape index (κ3) is 3.81. The lowest BCUT2D eigenvalue weighted by Gasteiger charge is -2.22. The Balaban J connectivity index is 1.83. The minimum absolute atomic E-state index is 0.746. The highest BCUT2D eigenvalue weighted by atomic mass is 35.5. The van der Waals surface area contributed by atoms with Crippen molar-refractivity contribution in [2.75, 3.05) is 19.0 Å². The first-order valence-electron chi connectivity index (χ1n) is 6.87. The van der Waals surface area contributed by atoms with Crippen LogP contribution < -0.4 is 10.1 Å². The Morgan fingerprint density at radius 1 is 1.28 bits per heavy atom. The first-order chi connectivity index (χ1) is 8.79. The van der Waals surface area contributed by atoms with Crippen LogP contribution in [0.25, 0.3) is 0 Å². The zero-order valence-electron chi connectivity index (χ0n) is 11.0. The van der Waals surface area contributed by atoms with Gasteiger partial charge in [0.2, 0.25) is 0 Å². The third-order valence-corrected chi connectivity index (χ3v) is 3.99. The van der Waals surface area contributed by atoms with Gasteiger partial charge in [0, 0.05) is 11.6 Å². The fourth-order valence-electron chi connectivity index (χ4n) is 2.71. The van der Waals surface area contributed by atoms with Crippen LogP contribution in [0.5, 0.6) is 5.75 Å². The molecule has 0 amide bonds. The van der Waals surface area contributed by atoms with Crippen molar-refractivity contribution in [2.24, 2.45) is 5.92 Å². The fourth-order valence-corrected chi connectivity index (χ4v) is 2.88. The molecular weight excluding hydrogens is 246 g/mol. The Bertz CT molecular complexity index is 375. The summed E-state index contributed by atoms with van der Waals surface area (Å²) in [6.45, 7) is 1.00. The van der Waals surface area contributed by atoms with Crippen molar-refractivity contribution in [1.29, 1.82) is 0 Å². The molecule has 0 bridgehead atoms. The van der Waals surface area contributed by atoms with Crippen molar-refractivity contribution < 1.29 is 4.74 Å². The van der Waals surface area contributed by atoms with E-state index in [4.69, 9.17) is 16.3 Å². The normalized spacial score (nSPS) is 16.6. The highest BCUT2D eigenvalue weighted by Gasteiger charge is 2.13. The Labute approximate surface area is 115 Å². The van der Waals surface area contributed by atoms with E-state index >= 15 is 0 Å². The van der Waals surface area contributed by atoms with Crippen molar-refractivity contribution in [1.82, 2.24) is 0 Å². The van der Waals surface area contributed by atoms with Gasteiger partial charge in [-0.15, -0.1) is 0 Å². The van der Waals surface area contributed by atoms with E-state index in [0.29, 0.717) is 0 Å². The van der Waals surface area contributed by atoms with Crippen molar-refractivity contribution in [3.63, 3.8) is 0 Å². The van der Waals surface area contributed by atoms with E-state index in [1.807, 2.05) is 18.2 Å². The molecule has 18 heavy (non-hydrogen) atoms. The highest BCUT2D eigenvalue weighted by molar-refractivity contribution is 6.30. The van der Waals surface area contributed by atoms with E-state index in [1.54, 1.807) is 7.11 Å². The summed E-state index contributed by atoms with van der Waals surface area (Å²) in [5.41, 5.74) is 1.00. The molecule has 2 rings (SSSR count). The lowest BCUT2D eigenvalue weighted by atomic mass is 9.87. The molecule has 100 valence electrons. The average molecular weight is 268 g/mol. The highest BCUT2D eigenvalue weighted by Crippen LogP contribution is 2.29. The second-order valence-corrected chi connectivity index (χ2v) is 5.50. The van der Waals surface area contributed by atoms with Crippen molar-refractivity contribution in [3.8, 4) is 5.75 Å². The number of rotatable bonds is 5. The van der Waals surface area contributed by atoms with Gasteiger partial charge in [0.05, 0.1) is 12.8 Å². The van der Waals surface area contributed by atoms with E-state index < -0.39 is 0 Å². The second-order valence-electron chi connectivity index (χ2n) is 5.06. The van der Waals surface area contributed by atoms with Crippen LogP contribution in [-0.2, 0) is 0 Å². The molecular formula is C15H22ClNO. The molecule has 0 saturated heterocycles. The molecule has 1 aliphatic rings. The first kappa shape index (κ1) is 13.5. The van der Waals surface area contributed by atoms with Crippen LogP contribution >= 0.6 is 11.6 Å². The van der Waals surface area contributed by atoms with Crippen molar-refractivity contribution in [2.45, 2.75) is 38.5 Å². The number of ether oxygens (including phenoxy) is 1. The summed E-state index contributed by atoms with van der Waals surface area (Å²) in [6, 6.07) is 5.69. The Kier molecular flexibility index (Phi) is 5.18. The van der Waals surface area contributed by atoms with Crippen LogP contribution in [0, 0.1) is 5.92 Å². The molecule has 0 spiro atoms. The first-order valence-corrected chi connectivity index (χ1v) is 7.25. The molecule has 1 N–H and O–H groups in total. The smallest absolute Gasteiger partial charge is 0.142 e. The van der Waals surface area contributed by atoms with Gasteiger partial charge in [-0.1, -0.05) is 43.7 Å². The maximum Gasteiger partial charge on any atom is 0.142 e. The topological polar surface area (TPSA) is 21.3 Å². The summed E-state index contributed by atoms with van der Waals surface area (Å²) in [5.74, 6) is 1.76. The molecule has 1 aromatic rings. The molecule has 0 aliphatic heterocycles. The molecule has 0 unspecified atom stereocenters. The maximum atomic E-state index is 6.01. The number of nitrogens with one attached hydrogen (secondary N) is 1. The molecule has 0 atom stereocenters. The van der Waals surface area contributed by atoms with E-state index in [1.165, 1.54) is 38.5 Å². The zero-order valence-corrected chi connectivity index (χ0v) is 11.8. The van der Waals surface area contributed by atoms with Gasteiger partial charge in [0.25, 0.3) is 0 Å². The molecule has 0 aromatic heterocycles. The van der Waals surface area contributed by atoms with Gasteiger partial charge in [-0.3, -0.25) is 0 Å². The predicted molar refractivity (Wildman–Crippen MR) is 77.7 cm³/mol. The summed E-state index contributed by atoms with van der Waals surface area (Å²) in [4.78, 5) is 0. The number of hydrogen-bond donors (Lipinski definition) is 1. The van der Waals surface area contributed by atoms with Gasteiger partial charge in [-0.25, -0.2) is 0 Å². The second kappa shape index (κ2) is 6.89. The summed E-state index contributed by atoms with van der Waals surface area (Å²) in [6.07, 6.45) is 8.28. The van der Waals surface area contributed by atoms with Gasteiger partial charge in [-0.05, 0) is 30.5 Å². The number of hydrogen-bond acceptors (Lipinski definition) is 2. The third-order valence-electron chi connectivity index (χ3n) is 3.75. The average Bonchev–Trinajstić information content (AvgIpc) is 2.40. The fraction of sp³-hybridized carbons (Fsp3) is 0.600. The van der Waals surface area contributed by atoms with Crippen LogP contribution in [-0.4, -0.2) is 13.7 Å². The molecule has 0 heterocycles. The lowest BCUT2D eigenvalue weighted by molar-refractivity contribution is 0.345. The quantitative estimate of drug-likeness (QED) is 0.833. The van der Waals surface area contributed by atoms with Gasteiger partial charge >= 0.3 is 0 Å². The van der Waals surface area contributed by atoms with Crippen LogP contribution in [0.15, 0.2) is 18.2 Å². The Morgan fingerprint density at radius 2 is 2.06 bits per heavy atom. The van der Waals surface area contributed by atoms with Crippen LogP contribution in [0.1, 0.15) is 38.5 Å². The number of methoxy groups -OCH3 is 1. The van der Waals surface area contributed by atoms with Crippen LogP contribution in [0.2, 0.25) is 5.02 Å². The summed E-state index contributed by atoms with van der Waals surface area (Å²) in [7, 11) is 1.69. The van der Waals surface area contributed by atoms with Crippen LogP contribution in [0.3, 0.4) is 0 Å². The van der Waals surface area contributed by atoms with Gasteiger partial charge in [-0.2, -0.15) is 0 Å². The van der Waals surface area contributed by atoms with E-state index in [2.05, 4.69) is 5.32 Å². The largest absolute Gasteiger partial charge is 0.495 e. The van der Waals surface area contributed by atoms with Crippen molar-refractivity contribution >= 4 is 17.3 Å². The summed E-state index contributed by atoms with van der Waals surface area (Å²) in [5, 5.41) is 4.19. The monoisotopic (exact) mass is 267 g/mol. The minimum Gasteiger partial charge on any atom is -0.495 e. The summed E-state index contributed by atoms with van der Waals surface area (Å²) < 4.78 is 5.32. The minimum atomic E-state index is 0.746. The molecule has 1 saturated carbocycles. The van der Waals surface area contributed by atoms with Crippen LogP contribution in [0.4, 0.5) is 5.69 Å². The van der Waals surface area contributed by atoms with Gasteiger partial charge < -0.3 is 10.1 Å². The number of halogens is 1. The molecule has 3 heteroatoms. The lowest BCUT2D eigenvalue weighted by Crippen LogP contribution is -2.12. The summed E-state index contributed by atoms with van der Waals surface area (Å²) >= 11 is 6.01. The van der Waals surface area contributed by atoms with E-state index in [0.717, 1.165) is 28.9 Å². The van der Waals surface area contributed by atoms with E-state index in [9.17, 15) is 0 Å². The van der Waals surface area contributed by atoms with Crippen molar-refractivity contribution in [3.05, 3.63) is 23.2 Å². The zero-order chi connectivity index (χ0) is 12.8. The molecule has 1 aliphatic carbocycles.